The molecule has 0 bridgehead atoms. The second kappa shape index (κ2) is 7.17. The summed E-state index contributed by atoms with van der Waals surface area (Å²) >= 11 is 0. The van der Waals surface area contributed by atoms with E-state index < -0.39 is 11.8 Å². The van der Waals surface area contributed by atoms with Crippen molar-refractivity contribution in [1.29, 1.82) is 0 Å². The third kappa shape index (κ3) is 4.02. The number of carbonyl (C=O) groups is 3. The molecule has 0 aliphatic rings. The van der Waals surface area contributed by atoms with Gasteiger partial charge >= 0.3 is 0 Å². The van der Waals surface area contributed by atoms with Crippen LogP contribution in [0.15, 0.2) is 60.7 Å². The van der Waals surface area contributed by atoms with E-state index >= 15 is 0 Å². The minimum absolute atomic E-state index is 0.264. The average molecular weight is 296 g/mol. The number of hydrogen-bond donors (Lipinski definition) is 1. The Kier molecular flexibility index (Phi) is 5.03. The van der Waals surface area contributed by atoms with Gasteiger partial charge in [0, 0.05) is 5.56 Å². The highest BCUT2D eigenvalue weighted by Gasteiger charge is 2.20. The molecule has 0 aliphatic carbocycles. The Hall–Kier alpha value is -2.95. The number of para-hydroxylation sites is 1. The molecule has 0 fully saturated rings. The van der Waals surface area contributed by atoms with Gasteiger partial charge in [-0.15, -0.1) is 0 Å². The standard InChI is InChI=1S/C17H16N2O3/c1-13(20)12-16(21)19(15-10-6-3-7-11-15)18-17(22)14-8-4-2-5-9-14/h2-11H,12H2,1H3,(H,18,22). The second-order valence-corrected chi connectivity index (χ2v) is 4.75. The summed E-state index contributed by atoms with van der Waals surface area (Å²) in [6, 6.07) is 17.2. The zero-order valence-electron chi connectivity index (χ0n) is 12.2. The van der Waals surface area contributed by atoms with Crippen LogP contribution in [0.3, 0.4) is 0 Å². The fourth-order valence-electron chi connectivity index (χ4n) is 1.90. The number of carbonyl (C=O) groups excluding carboxylic acids is 3. The molecule has 0 saturated carbocycles. The van der Waals surface area contributed by atoms with Gasteiger partial charge in [-0.25, -0.2) is 5.01 Å². The van der Waals surface area contributed by atoms with Gasteiger partial charge in [-0.3, -0.25) is 19.8 Å². The molecule has 0 aromatic heterocycles. The van der Waals surface area contributed by atoms with Crippen LogP contribution in [0.1, 0.15) is 23.7 Å². The third-order valence-electron chi connectivity index (χ3n) is 2.91. The molecule has 2 aromatic rings. The normalized spacial score (nSPS) is 9.86. The Labute approximate surface area is 128 Å². The van der Waals surface area contributed by atoms with Crippen molar-refractivity contribution in [1.82, 2.24) is 5.43 Å². The molecule has 0 aliphatic heterocycles. The van der Waals surface area contributed by atoms with Gasteiger partial charge in [0.2, 0.25) is 0 Å². The monoisotopic (exact) mass is 296 g/mol. The number of hydrogen-bond acceptors (Lipinski definition) is 3. The highest BCUT2D eigenvalue weighted by Crippen LogP contribution is 2.13. The van der Waals surface area contributed by atoms with Gasteiger partial charge < -0.3 is 0 Å². The van der Waals surface area contributed by atoms with E-state index in [-0.39, 0.29) is 12.2 Å². The summed E-state index contributed by atoms with van der Waals surface area (Å²) < 4.78 is 0. The minimum atomic E-state index is -0.483. The molecule has 5 nitrogen and oxygen atoms in total. The lowest BCUT2D eigenvalue weighted by molar-refractivity contribution is -0.125. The Morgan fingerprint density at radius 1 is 0.909 bits per heavy atom. The first-order valence-corrected chi connectivity index (χ1v) is 6.81. The summed E-state index contributed by atoms with van der Waals surface area (Å²) in [7, 11) is 0. The van der Waals surface area contributed by atoms with E-state index in [1.165, 1.54) is 6.92 Å². The van der Waals surface area contributed by atoms with Gasteiger partial charge in [0.15, 0.2) is 0 Å². The smallest absolute Gasteiger partial charge is 0.270 e. The predicted molar refractivity (Wildman–Crippen MR) is 83.1 cm³/mol. The number of ketones is 1. The number of nitrogens with one attached hydrogen (secondary N) is 1. The van der Waals surface area contributed by atoms with Crippen LogP contribution in [-0.2, 0) is 9.59 Å². The summed E-state index contributed by atoms with van der Waals surface area (Å²) in [6.45, 7) is 1.33. The Morgan fingerprint density at radius 2 is 1.45 bits per heavy atom. The molecule has 0 spiro atoms. The fourth-order valence-corrected chi connectivity index (χ4v) is 1.90. The lowest BCUT2D eigenvalue weighted by atomic mass is 10.2. The molecule has 0 radical (unpaired) electrons. The van der Waals surface area contributed by atoms with Crippen LogP contribution in [-0.4, -0.2) is 17.6 Å². The van der Waals surface area contributed by atoms with Crippen LogP contribution in [0.25, 0.3) is 0 Å². The average Bonchev–Trinajstić information content (AvgIpc) is 2.53. The van der Waals surface area contributed by atoms with Crippen molar-refractivity contribution in [3.63, 3.8) is 0 Å². The van der Waals surface area contributed by atoms with E-state index in [4.69, 9.17) is 0 Å². The van der Waals surface area contributed by atoms with Gasteiger partial charge in [0.05, 0.1) is 12.1 Å². The number of hydrazine groups is 1. The van der Waals surface area contributed by atoms with Gasteiger partial charge in [-0.1, -0.05) is 36.4 Å². The predicted octanol–water partition coefficient (Wildman–Crippen LogP) is 2.34. The fraction of sp³-hybridized carbons (Fsp3) is 0.118. The van der Waals surface area contributed by atoms with Crippen molar-refractivity contribution < 1.29 is 14.4 Å². The van der Waals surface area contributed by atoms with E-state index in [2.05, 4.69) is 5.43 Å². The maximum absolute atomic E-state index is 12.2. The van der Waals surface area contributed by atoms with Crippen LogP contribution < -0.4 is 10.4 Å². The van der Waals surface area contributed by atoms with Crippen molar-refractivity contribution >= 4 is 23.3 Å². The van der Waals surface area contributed by atoms with E-state index in [9.17, 15) is 14.4 Å². The van der Waals surface area contributed by atoms with Crippen molar-refractivity contribution in [3.8, 4) is 0 Å². The Bertz CT molecular complexity index is 669. The summed E-state index contributed by atoms with van der Waals surface area (Å²) in [4.78, 5) is 35.6. The van der Waals surface area contributed by atoms with Crippen LogP contribution >= 0.6 is 0 Å². The molecule has 112 valence electrons. The topological polar surface area (TPSA) is 66.5 Å². The van der Waals surface area contributed by atoms with Crippen LogP contribution in [0.5, 0.6) is 0 Å². The van der Waals surface area contributed by atoms with Gasteiger partial charge in [-0.2, -0.15) is 0 Å². The summed E-state index contributed by atoms with van der Waals surface area (Å²) in [6.07, 6.45) is -0.274. The second-order valence-electron chi connectivity index (χ2n) is 4.75. The molecule has 0 heterocycles. The van der Waals surface area contributed by atoms with Crippen LogP contribution in [0.4, 0.5) is 5.69 Å². The molecule has 1 N–H and O–H groups in total. The number of anilines is 1. The minimum Gasteiger partial charge on any atom is -0.299 e. The first kappa shape index (κ1) is 15.4. The van der Waals surface area contributed by atoms with E-state index in [0.717, 1.165) is 5.01 Å². The number of benzene rings is 2. The molecule has 0 atom stereocenters. The molecule has 2 amide bonds. The molecular formula is C17H16N2O3. The Morgan fingerprint density at radius 3 is 2.00 bits per heavy atom. The maximum Gasteiger partial charge on any atom is 0.270 e. The lowest BCUT2D eigenvalue weighted by Crippen LogP contribution is -2.47. The molecule has 2 aromatic carbocycles. The molecule has 2 rings (SSSR count). The van der Waals surface area contributed by atoms with E-state index in [1.54, 1.807) is 60.7 Å². The van der Waals surface area contributed by atoms with E-state index in [1.807, 2.05) is 0 Å². The quantitative estimate of drug-likeness (QED) is 0.695. The number of amides is 2. The van der Waals surface area contributed by atoms with E-state index in [0.29, 0.717) is 11.3 Å². The van der Waals surface area contributed by atoms with Gasteiger partial charge in [0.25, 0.3) is 11.8 Å². The number of rotatable bonds is 4. The molecular weight excluding hydrogens is 280 g/mol. The maximum atomic E-state index is 12.2. The molecule has 22 heavy (non-hydrogen) atoms. The number of Topliss-reactive ketones (excluding diaryl/α,β-unsaturated/α-hetero) is 1. The largest absolute Gasteiger partial charge is 0.299 e. The van der Waals surface area contributed by atoms with Crippen LogP contribution in [0.2, 0.25) is 0 Å². The zero-order chi connectivity index (χ0) is 15.9. The summed E-state index contributed by atoms with van der Waals surface area (Å²) in [5.41, 5.74) is 3.48. The van der Waals surface area contributed by atoms with Crippen molar-refractivity contribution in [2.45, 2.75) is 13.3 Å². The molecule has 5 heteroatoms. The van der Waals surface area contributed by atoms with Crippen molar-refractivity contribution in [3.05, 3.63) is 66.2 Å². The molecule has 0 unspecified atom stereocenters. The Balaban J connectivity index is 2.23. The van der Waals surface area contributed by atoms with Crippen molar-refractivity contribution in [2.75, 3.05) is 5.01 Å². The molecule has 0 saturated heterocycles. The highest BCUT2D eigenvalue weighted by molar-refractivity contribution is 6.07. The van der Waals surface area contributed by atoms with Crippen LogP contribution in [0, 0.1) is 0 Å². The SMILES string of the molecule is CC(=O)CC(=O)N(NC(=O)c1ccccc1)c1ccccc1. The lowest BCUT2D eigenvalue weighted by Gasteiger charge is -2.23. The summed E-state index contributed by atoms with van der Waals surface area (Å²) in [5.74, 6) is -1.16. The first-order chi connectivity index (χ1) is 10.6. The van der Waals surface area contributed by atoms with Gasteiger partial charge in [-0.05, 0) is 31.2 Å². The van der Waals surface area contributed by atoms with Crippen molar-refractivity contribution in [2.24, 2.45) is 0 Å². The zero-order valence-corrected chi connectivity index (χ0v) is 12.2. The third-order valence-corrected chi connectivity index (χ3v) is 2.91. The first-order valence-electron chi connectivity index (χ1n) is 6.81. The summed E-state index contributed by atoms with van der Waals surface area (Å²) in [5, 5.41) is 1.11. The highest BCUT2D eigenvalue weighted by atomic mass is 16.2. The van der Waals surface area contributed by atoms with Gasteiger partial charge in [0.1, 0.15) is 5.78 Å². The number of nitrogens with zero attached hydrogens (tertiary/aromatic N) is 1.